The third-order valence-corrected chi connectivity index (χ3v) is 3.98. The summed E-state index contributed by atoms with van der Waals surface area (Å²) >= 11 is 1.30. The van der Waals surface area contributed by atoms with E-state index in [1.165, 1.54) is 18.4 Å². The molecule has 0 aliphatic heterocycles. The molecule has 2 rings (SSSR count). The number of ether oxygens (including phenoxy) is 2. The number of anilines is 1. The number of thiazole rings is 1. The van der Waals surface area contributed by atoms with Crippen molar-refractivity contribution < 1.29 is 19.1 Å². The van der Waals surface area contributed by atoms with Crippen LogP contribution >= 0.6 is 11.3 Å². The molecule has 24 heavy (non-hydrogen) atoms. The van der Waals surface area contributed by atoms with Crippen molar-refractivity contribution in [2.75, 3.05) is 32.7 Å². The number of hydrogen-bond donors (Lipinski definition) is 1. The van der Waals surface area contributed by atoms with Gasteiger partial charge in [0.05, 0.1) is 20.3 Å². The lowest BCUT2D eigenvalue weighted by Gasteiger charge is -2.21. The summed E-state index contributed by atoms with van der Waals surface area (Å²) < 4.78 is 9.70. The Labute approximate surface area is 144 Å². The molecule has 7 nitrogen and oxygen atoms in total. The predicted octanol–water partition coefficient (Wildman–Crippen LogP) is 2.61. The van der Waals surface area contributed by atoms with Crippen LogP contribution in [0.4, 0.5) is 10.5 Å². The maximum Gasteiger partial charge on any atom is 0.357 e. The fourth-order valence-electron chi connectivity index (χ4n) is 1.92. The van der Waals surface area contributed by atoms with Crippen LogP contribution in [0.2, 0.25) is 0 Å². The fraction of sp³-hybridized carbons (Fsp3) is 0.312. The molecule has 128 valence electrons. The summed E-state index contributed by atoms with van der Waals surface area (Å²) in [5, 5.41) is 5.09. The van der Waals surface area contributed by atoms with Crippen molar-refractivity contribution in [2.24, 2.45) is 0 Å². The zero-order valence-corrected chi connectivity index (χ0v) is 14.3. The number of hydrogen-bond acceptors (Lipinski definition) is 6. The second-order valence-electron chi connectivity index (χ2n) is 4.83. The molecule has 0 unspecified atom stereocenters. The zero-order chi connectivity index (χ0) is 17.4. The number of benzene rings is 1. The largest absolute Gasteiger partial charge is 0.464 e. The fourth-order valence-corrected chi connectivity index (χ4v) is 2.70. The van der Waals surface area contributed by atoms with Crippen molar-refractivity contribution in [2.45, 2.75) is 6.54 Å². The molecule has 0 fully saturated rings. The van der Waals surface area contributed by atoms with E-state index >= 15 is 0 Å². The lowest BCUT2D eigenvalue weighted by atomic mass is 10.3. The van der Waals surface area contributed by atoms with Crippen LogP contribution in [0.15, 0.2) is 35.7 Å². The SMILES string of the molecule is COCCN(Cc1nc(C(=O)OC)cs1)C(=O)Nc1ccccc1. The van der Waals surface area contributed by atoms with E-state index in [-0.39, 0.29) is 18.3 Å². The van der Waals surface area contributed by atoms with Crippen LogP contribution in [-0.4, -0.2) is 49.3 Å². The molecule has 0 atom stereocenters. The van der Waals surface area contributed by atoms with Gasteiger partial charge in [0, 0.05) is 24.7 Å². The number of aromatic nitrogens is 1. The number of nitrogens with one attached hydrogen (secondary N) is 1. The first-order valence-electron chi connectivity index (χ1n) is 7.26. The maximum absolute atomic E-state index is 12.5. The molecule has 8 heteroatoms. The normalized spacial score (nSPS) is 10.2. The number of carbonyl (C=O) groups excluding carboxylic acids is 2. The number of esters is 1. The van der Waals surface area contributed by atoms with Crippen molar-refractivity contribution in [1.82, 2.24) is 9.88 Å². The highest BCUT2D eigenvalue weighted by Gasteiger charge is 2.17. The number of carbonyl (C=O) groups is 2. The van der Waals surface area contributed by atoms with Gasteiger partial charge >= 0.3 is 12.0 Å². The summed E-state index contributed by atoms with van der Waals surface area (Å²) in [6.45, 7) is 1.09. The van der Waals surface area contributed by atoms with Crippen molar-refractivity contribution >= 4 is 29.0 Å². The molecule has 0 saturated carbocycles. The first kappa shape index (κ1) is 17.9. The summed E-state index contributed by atoms with van der Waals surface area (Å²) in [5.74, 6) is -0.491. The van der Waals surface area contributed by atoms with Gasteiger partial charge in [0.2, 0.25) is 0 Å². The predicted molar refractivity (Wildman–Crippen MR) is 91.2 cm³/mol. The van der Waals surface area contributed by atoms with Gasteiger partial charge in [-0.05, 0) is 12.1 Å². The average molecular weight is 349 g/mol. The molecule has 1 heterocycles. The molecular weight excluding hydrogens is 330 g/mol. The minimum Gasteiger partial charge on any atom is -0.464 e. The molecule has 1 aromatic heterocycles. The van der Waals surface area contributed by atoms with Crippen molar-refractivity contribution in [3.05, 3.63) is 46.4 Å². The second kappa shape index (κ2) is 8.99. The quantitative estimate of drug-likeness (QED) is 0.777. The lowest BCUT2D eigenvalue weighted by molar-refractivity contribution is 0.0594. The van der Waals surface area contributed by atoms with E-state index in [0.29, 0.717) is 23.8 Å². The number of para-hydroxylation sites is 1. The summed E-state index contributed by atoms with van der Waals surface area (Å²) in [5.41, 5.74) is 0.951. The summed E-state index contributed by atoms with van der Waals surface area (Å²) in [6, 6.07) is 8.93. The van der Waals surface area contributed by atoms with Gasteiger partial charge in [-0.25, -0.2) is 14.6 Å². The standard InChI is InChI=1S/C16H19N3O4S/c1-22-9-8-19(16(21)17-12-6-4-3-5-7-12)10-14-18-13(11-24-14)15(20)23-2/h3-7,11H,8-10H2,1-2H3,(H,17,21). The van der Waals surface area contributed by atoms with Gasteiger partial charge in [-0.15, -0.1) is 11.3 Å². The zero-order valence-electron chi connectivity index (χ0n) is 13.5. The number of rotatable bonds is 7. The highest BCUT2D eigenvalue weighted by atomic mass is 32.1. The van der Waals surface area contributed by atoms with Crippen LogP contribution in [0.3, 0.4) is 0 Å². The topological polar surface area (TPSA) is 80.8 Å². The van der Waals surface area contributed by atoms with Gasteiger partial charge in [-0.1, -0.05) is 18.2 Å². The Morgan fingerprint density at radius 3 is 2.67 bits per heavy atom. The van der Waals surface area contributed by atoms with E-state index in [9.17, 15) is 9.59 Å². The van der Waals surface area contributed by atoms with Crippen LogP contribution < -0.4 is 5.32 Å². The highest BCUT2D eigenvalue weighted by Crippen LogP contribution is 2.14. The van der Waals surface area contributed by atoms with E-state index in [0.717, 1.165) is 0 Å². The van der Waals surface area contributed by atoms with Crippen molar-refractivity contribution in [3.63, 3.8) is 0 Å². The van der Waals surface area contributed by atoms with Crippen LogP contribution in [0.25, 0.3) is 0 Å². The molecule has 2 amide bonds. The van der Waals surface area contributed by atoms with Gasteiger partial charge in [0.15, 0.2) is 5.69 Å². The van der Waals surface area contributed by atoms with Gasteiger partial charge in [-0.3, -0.25) is 0 Å². The van der Waals surface area contributed by atoms with Crippen LogP contribution in [-0.2, 0) is 16.0 Å². The average Bonchev–Trinajstić information content (AvgIpc) is 3.07. The minimum absolute atomic E-state index is 0.243. The smallest absolute Gasteiger partial charge is 0.357 e. The Kier molecular flexibility index (Phi) is 6.71. The van der Waals surface area contributed by atoms with Crippen LogP contribution in [0, 0.1) is 0 Å². The first-order valence-corrected chi connectivity index (χ1v) is 8.14. The highest BCUT2D eigenvalue weighted by molar-refractivity contribution is 7.09. The van der Waals surface area contributed by atoms with E-state index in [2.05, 4.69) is 15.0 Å². The second-order valence-corrected chi connectivity index (χ2v) is 5.77. The Balaban J connectivity index is 2.05. The summed E-state index contributed by atoms with van der Waals surface area (Å²) in [4.78, 5) is 29.7. The third kappa shape index (κ3) is 5.04. The third-order valence-electron chi connectivity index (χ3n) is 3.15. The molecule has 0 saturated heterocycles. The molecule has 0 spiro atoms. The van der Waals surface area contributed by atoms with E-state index in [1.807, 2.05) is 30.3 Å². The van der Waals surface area contributed by atoms with Gasteiger partial charge < -0.3 is 19.7 Å². The number of nitrogens with zero attached hydrogens (tertiary/aromatic N) is 2. The Bertz CT molecular complexity index is 675. The van der Waals surface area contributed by atoms with Crippen molar-refractivity contribution in [3.8, 4) is 0 Å². The van der Waals surface area contributed by atoms with Gasteiger partial charge in [-0.2, -0.15) is 0 Å². The van der Waals surface area contributed by atoms with Gasteiger partial charge in [0.25, 0.3) is 0 Å². The monoisotopic (exact) mass is 349 g/mol. The Morgan fingerprint density at radius 2 is 2.00 bits per heavy atom. The van der Waals surface area contributed by atoms with Crippen LogP contribution in [0.1, 0.15) is 15.5 Å². The van der Waals surface area contributed by atoms with Gasteiger partial charge in [0.1, 0.15) is 5.01 Å². The van der Waals surface area contributed by atoms with E-state index in [1.54, 1.807) is 17.4 Å². The first-order chi connectivity index (χ1) is 11.6. The molecule has 0 aliphatic rings. The summed E-state index contributed by atoms with van der Waals surface area (Å²) in [6.07, 6.45) is 0. The Hall–Kier alpha value is -2.45. The molecule has 2 aromatic rings. The molecule has 0 aliphatic carbocycles. The Morgan fingerprint density at radius 1 is 1.25 bits per heavy atom. The lowest BCUT2D eigenvalue weighted by Crippen LogP contribution is -2.36. The molecule has 0 radical (unpaired) electrons. The maximum atomic E-state index is 12.5. The van der Waals surface area contributed by atoms with Crippen LogP contribution in [0.5, 0.6) is 0 Å². The van der Waals surface area contributed by atoms with E-state index < -0.39 is 5.97 Å². The van der Waals surface area contributed by atoms with E-state index in [4.69, 9.17) is 4.74 Å². The number of amides is 2. The number of methoxy groups -OCH3 is 2. The number of urea groups is 1. The molecule has 0 bridgehead atoms. The minimum atomic E-state index is -0.491. The van der Waals surface area contributed by atoms with Crippen molar-refractivity contribution in [1.29, 1.82) is 0 Å². The molecule has 1 aromatic carbocycles. The summed E-state index contributed by atoms with van der Waals surface area (Å²) in [7, 11) is 2.88. The molecule has 1 N–H and O–H groups in total. The molecular formula is C16H19N3O4S.